The Morgan fingerprint density at radius 3 is 2.33 bits per heavy atom. The Morgan fingerprint density at radius 1 is 1.21 bits per heavy atom. The summed E-state index contributed by atoms with van der Waals surface area (Å²) in [6, 6.07) is 2.23. The number of pyridine rings is 1. The van der Waals surface area contributed by atoms with E-state index in [0.717, 1.165) is 12.3 Å². The predicted octanol–water partition coefficient (Wildman–Crippen LogP) is 1.66. The van der Waals surface area contributed by atoms with E-state index in [1.807, 2.05) is 27.7 Å². The number of rotatable bonds is 2. The molecule has 1 aliphatic rings. The van der Waals surface area contributed by atoms with Gasteiger partial charge in [0.25, 0.3) is 0 Å². The maximum atomic E-state index is 14.0. The number of hydrogen-bond acceptors (Lipinski definition) is 4. The van der Waals surface area contributed by atoms with Crippen LogP contribution in [0.15, 0.2) is 23.1 Å². The molecule has 2 heterocycles. The van der Waals surface area contributed by atoms with E-state index in [0.29, 0.717) is 11.0 Å². The lowest BCUT2D eigenvalue weighted by Gasteiger charge is -2.32. The van der Waals surface area contributed by atoms with Gasteiger partial charge in [0.2, 0.25) is 5.43 Å². The molecule has 0 amide bonds. The first kappa shape index (κ1) is 16.7. The van der Waals surface area contributed by atoms with Gasteiger partial charge in [0.05, 0.1) is 11.2 Å². The minimum atomic E-state index is -1.38. The van der Waals surface area contributed by atoms with Gasteiger partial charge in [-0.15, -0.1) is 0 Å². The summed E-state index contributed by atoms with van der Waals surface area (Å²) in [6.45, 7) is 7.44. The molecule has 0 saturated carbocycles. The minimum absolute atomic E-state index is 0.0559. The van der Waals surface area contributed by atoms with Crippen LogP contribution in [0.2, 0.25) is 0 Å². The second-order valence-electron chi connectivity index (χ2n) is 6.84. The molecule has 1 aromatic carbocycles. The summed E-state index contributed by atoms with van der Waals surface area (Å²) in [5.41, 5.74) is -1.85. The van der Waals surface area contributed by atoms with Crippen LogP contribution in [0.3, 0.4) is 0 Å². The number of benzene rings is 1. The molecule has 1 aromatic heterocycles. The average Bonchev–Trinajstić information content (AvgIpc) is 2.67. The van der Waals surface area contributed by atoms with E-state index in [2.05, 4.69) is 4.98 Å². The Hall–Kier alpha value is -2.19. The number of aromatic amines is 1. The molecule has 0 atom stereocenters. The van der Waals surface area contributed by atoms with Gasteiger partial charge in [-0.2, -0.15) is 0 Å². The van der Waals surface area contributed by atoms with Crippen LogP contribution in [0, 0.1) is 5.82 Å². The van der Waals surface area contributed by atoms with Crippen LogP contribution in [0.1, 0.15) is 38.1 Å². The Labute approximate surface area is 137 Å². The Bertz CT molecular complexity index is 889. The molecule has 1 aliphatic heterocycles. The second-order valence-corrected chi connectivity index (χ2v) is 6.84. The smallest absolute Gasteiger partial charge is 0.477 e. The van der Waals surface area contributed by atoms with Crippen LogP contribution in [0.4, 0.5) is 4.39 Å². The van der Waals surface area contributed by atoms with E-state index in [1.54, 1.807) is 0 Å². The molecular weight excluding hydrogens is 316 g/mol. The van der Waals surface area contributed by atoms with Gasteiger partial charge < -0.3 is 19.4 Å². The van der Waals surface area contributed by atoms with Gasteiger partial charge in [0.1, 0.15) is 11.4 Å². The van der Waals surface area contributed by atoms with Crippen LogP contribution in [0.25, 0.3) is 10.9 Å². The van der Waals surface area contributed by atoms with Crippen LogP contribution in [-0.2, 0) is 9.31 Å². The molecule has 8 heteroatoms. The van der Waals surface area contributed by atoms with Crippen molar-refractivity contribution in [2.45, 2.75) is 38.9 Å². The Kier molecular flexibility index (Phi) is 3.58. The standard InChI is InChI=1S/C16H17BFNO5/c1-15(2)16(3,4)24-17(23-15)11-6-8(18)5-9-12(11)19-7-10(13(9)20)14(21)22/h5-7H,1-4H3,(H,19,20)(H,21,22). The van der Waals surface area contributed by atoms with Crippen molar-refractivity contribution in [2.75, 3.05) is 0 Å². The first-order valence-electron chi connectivity index (χ1n) is 7.47. The highest BCUT2D eigenvalue weighted by Crippen LogP contribution is 2.36. The molecule has 0 bridgehead atoms. The second kappa shape index (κ2) is 5.16. The van der Waals surface area contributed by atoms with E-state index in [1.165, 1.54) is 6.07 Å². The molecule has 0 spiro atoms. The third kappa shape index (κ3) is 2.42. The van der Waals surface area contributed by atoms with Crippen molar-refractivity contribution in [3.05, 3.63) is 39.9 Å². The molecule has 2 aromatic rings. The molecule has 2 N–H and O–H groups in total. The first-order chi connectivity index (χ1) is 11.0. The summed E-state index contributed by atoms with van der Waals surface area (Å²) in [6.07, 6.45) is 1.10. The van der Waals surface area contributed by atoms with Crippen molar-refractivity contribution >= 4 is 29.5 Å². The Balaban J connectivity index is 2.22. The number of fused-ring (bicyclic) bond motifs is 1. The van der Waals surface area contributed by atoms with Gasteiger partial charge in [0, 0.05) is 22.6 Å². The third-order valence-corrected chi connectivity index (χ3v) is 4.72. The van der Waals surface area contributed by atoms with Gasteiger partial charge in [-0.25, -0.2) is 9.18 Å². The van der Waals surface area contributed by atoms with Crippen molar-refractivity contribution in [1.82, 2.24) is 4.98 Å². The van der Waals surface area contributed by atoms with Crippen molar-refractivity contribution in [3.63, 3.8) is 0 Å². The SMILES string of the molecule is CC1(C)OB(c2cc(F)cc3c(=O)c(C(=O)O)c[nH]c23)OC1(C)C. The molecule has 6 nitrogen and oxygen atoms in total. The number of aromatic nitrogens is 1. The third-order valence-electron chi connectivity index (χ3n) is 4.72. The van der Waals surface area contributed by atoms with Crippen molar-refractivity contribution in [1.29, 1.82) is 0 Å². The number of hydrogen-bond donors (Lipinski definition) is 2. The normalized spacial score (nSPS) is 19.0. The topological polar surface area (TPSA) is 88.6 Å². The summed E-state index contributed by atoms with van der Waals surface area (Å²) in [7, 11) is -0.875. The molecule has 126 valence electrons. The molecule has 0 radical (unpaired) electrons. The number of H-pyrrole nitrogens is 1. The van der Waals surface area contributed by atoms with E-state index in [9.17, 15) is 14.0 Å². The first-order valence-corrected chi connectivity index (χ1v) is 7.47. The van der Waals surface area contributed by atoms with Gasteiger partial charge in [-0.1, -0.05) is 0 Å². The molecule has 3 rings (SSSR count). The maximum Gasteiger partial charge on any atom is 0.497 e. The highest BCUT2D eigenvalue weighted by atomic mass is 19.1. The quantitative estimate of drug-likeness (QED) is 0.816. The van der Waals surface area contributed by atoms with Crippen molar-refractivity contribution < 1.29 is 23.6 Å². The van der Waals surface area contributed by atoms with E-state index in [-0.39, 0.29) is 5.39 Å². The fourth-order valence-corrected chi connectivity index (χ4v) is 2.64. The van der Waals surface area contributed by atoms with E-state index in [4.69, 9.17) is 14.4 Å². The van der Waals surface area contributed by atoms with E-state index >= 15 is 0 Å². The molecule has 0 aliphatic carbocycles. The number of carboxylic acid groups (broad SMARTS) is 1. The average molecular weight is 333 g/mol. The Morgan fingerprint density at radius 2 is 1.79 bits per heavy atom. The number of aromatic carboxylic acids is 1. The van der Waals surface area contributed by atoms with E-state index < -0.39 is 41.1 Å². The molecular formula is C16H17BFNO5. The van der Waals surface area contributed by atoms with Crippen LogP contribution in [-0.4, -0.2) is 34.4 Å². The van der Waals surface area contributed by atoms with Gasteiger partial charge in [0.15, 0.2) is 0 Å². The molecule has 24 heavy (non-hydrogen) atoms. The lowest BCUT2D eigenvalue weighted by atomic mass is 9.77. The number of halogens is 1. The highest BCUT2D eigenvalue weighted by molar-refractivity contribution is 6.65. The summed E-state index contributed by atoms with van der Waals surface area (Å²) < 4.78 is 25.8. The fourth-order valence-electron chi connectivity index (χ4n) is 2.64. The summed E-state index contributed by atoms with van der Waals surface area (Å²) in [4.78, 5) is 26.2. The monoisotopic (exact) mass is 333 g/mol. The summed E-state index contributed by atoms with van der Waals surface area (Å²) >= 11 is 0. The van der Waals surface area contributed by atoms with Crippen molar-refractivity contribution in [3.8, 4) is 0 Å². The fraction of sp³-hybridized carbons (Fsp3) is 0.375. The lowest BCUT2D eigenvalue weighted by Crippen LogP contribution is -2.41. The van der Waals surface area contributed by atoms with Gasteiger partial charge in [-0.3, -0.25) is 4.79 Å². The zero-order valence-electron chi connectivity index (χ0n) is 13.8. The zero-order chi connectivity index (χ0) is 17.9. The number of nitrogens with one attached hydrogen (secondary N) is 1. The number of carboxylic acids is 1. The molecule has 0 unspecified atom stereocenters. The van der Waals surface area contributed by atoms with Gasteiger partial charge in [-0.05, 0) is 39.8 Å². The van der Waals surface area contributed by atoms with Crippen LogP contribution >= 0.6 is 0 Å². The highest BCUT2D eigenvalue weighted by Gasteiger charge is 2.52. The number of carbonyl (C=O) groups is 1. The zero-order valence-corrected chi connectivity index (χ0v) is 13.8. The summed E-state index contributed by atoms with van der Waals surface area (Å²) in [5.74, 6) is -2.04. The molecule has 1 fully saturated rings. The maximum absolute atomic E-state index is 14.0. The minimum Gasteiger partial charge on any atom is -0.477 e. The van der Waals surface area contributed by atoms with Crippen LogP contribution in [0.5, 0.6) is 0 Å². The van der Waals surface area contributed by atoms with Crippen LogP contribution < -0.4 is 10.9 Å². The predicted molar refractivity (Wildman–Crippen MR) is 87.2 cm³/mol. The summed E-state index contributed by atoms with van der Waals surface area (Å²) in [5, 5.41) is 8.99. The largest absolute Gasteiger partial charge is 0.497 e. The van der Waals surface area contributed by atoms with Crippen molar-refractivity contribution in [2.24, 2.45) is 0 Å². The van der Waals surface area contributed by atoms with Gasteiger partial charge >= 0.3 is 13.1 Å². The molecule has 1 saturated heterocycles. The lowest BCUT2D eigenvalue weighted by molar-refractivity contribution is 0.00578.